The highest BCUT2D eigenvalue weighted by atomic mass is 35.5. The Bertz CT molecular complexity index is 1090. The number of carbonyl (C=O) groups is 1. The molecule has 1 aliphatic rings. The van der Waals surface area contributed by atoms with Crippen molar-refractivity contribution in [2.24, 2.45) is 0 Å². The number of pyridine rings is 1. The van der Waals surface area contributed by atoms with Crippen LogP contribution in [0.15, 0.2) is 42.5 Å². The summed E-state index contributed by atoms with van der Waals surface area (Å²) < 4.78 is 5.50. The number of aromatic nitrogens is 1. The van der Waals surface area contributed by atoms with Crippen LogP contribution in [0.5, 0.6) is 0 Å². The zero-order valence-electron chi connectivity index (χ0n) is 17.1. The molecule has 1 saturated heterocycles. The first-order chi connectivity index (χ1) is 14.4. The van der Waals surface area contributed by atoms with Crippen LogP contribution in [0.25, 0.3) is 10.9 Å². The predicted octanol–water partition coefficient (Wildman–Crippen LogP) is 5.96. The van der Waals surface area contributed by atoms with Crippen LogP contribution in [-0.2, 0) is 4.74 Å². The smallest absolute Gasteiger partial charge is 0.337 e. The minimum absolute atomic E-state index is 0.113. The van der Waals surface area contributed by atoms with E-state index in [9.17, 15) is 9.90 Å². The number of ether oxygens (including phenoxy) is 1. The van der Waals surface area contributed by atoms with E-state index >= 15 is 0 Å². The van der Waals surface area contributed by atoms with Crippen molar-refractivity contribution in [3.8, 4) is 0 Å². The van der Waals surface area contributed by atoms with Crippen LogP contribution in [0.1, 0.15) is 58.8 Å². The number of carboxylic acids is 1. The van der Waals surface area contributed by atoms with Crippen molar-refractivity contribution in [1.29, 1.82) is 0 Å². The maximum absolute atomic E-state index is 11.6. The van der Waals surface area contributed by atoms with E-state index in [2.05, 4.69) is 17.4 Å². The van der Waals surface area contributed by atoms with Crippen LogP contribution < -0.4 is 5.32 Å². The van der Waals surface area contributed by atoms with E-state index in [0.29, 0.717) is 16.8 Å². The molecule has 3 aromatic rings. The van der Waals surface area contributed by atoms with Crippen molar-refractivity contribution in [3.05, 3.63) is 69.9 Å². The lowest BCUT2D eigenvalue weighted by molar-refractivity contribution is 0.0698. The lowest BCUT2D eigenvalue weighted by Crippen LogP contribution is -2.15. The van der Waals surface area contributed by atoms with Crippen LogP contribution in [0.2, 0.25) is 5.15 Å². The van der Waals surface area contributed by atoms with E-state index in [-0.39, 0.29) is 11.6 Å². The number of fused-ring (bicyclic) bond motifs is 1. The largest absolute Gasteiger partial charge is 0.478 e. The first kappa shape index (κ1) is 20.6. The summed E-state index contributed by atoms with van der Waals surface area (Å²) in [6, 6.07) is 13.2. The molecule has 0 saturated carbocycles. The third kappa shape index (κ3) is 4.13. The standard InChI is InChI=1S/C24H25ClN2O3/c1-14-11-18(15(2)26-21-6-4-3-5-17(21)24(28)29)20-13-19(16-7-9-30-10-8-16)23(25)27-22(20)12-14/h3-6,11-13,15-16,26H,7-10H2,1-2H3,(H,28,29)/t15-/m0/s1. The molecular weight excluding hydrogens is 400 g/mol. The summed E-state index contributed by atoms with van der Waals surface area (Å²) in [4.78, 5) is 16.3. The summed E-state index contributed by atoms with van der Waals surface area (Å²) in [5.74, 6) is -0.608. The van der Waals surface area contributed by atoms with Crippen molar-refractivity contribution in [2.45, 2.75) is 38.6 Å². The Hall–Kier alpha value is -2.63. The minimum atomic E-state index is -0.949. The second kappa shape index (κ2) is 8.62. The number of hydrogen-bond acceptors (Lipinski definition) is 4. The average molecular weight is 425 g/mol. The molecule has 2 heterocycles. The van der Waals surface area contributed by atoms with E-state index in [1.807, 2.05) is 26.0 Å². The quantitative estimate of drug-likeness (QED) is 0.494. The second-order valence-electron chi connectivity index (χ2n) is 7.89. The van der Waals surface area contributed by atoms with E-state index in [1.54, 1.807) is 18.2 Å². The Morgan fingerprint density at radius 1 is 1.23 bits per heavy atom. The fourth-order valence-electron chi connectivity index (χ4n) is 4.20. The SMILES string of the molecule is Cc1cc([C@H](C)Nc2ccccc2C(=O)O)c2cc(C3CCOCC3)c(Cl)nc2c1. The number of halogens is 1. The van der Waals surface area contributed by atoms with E-state index in [0.717, 1.165) is 53.6 Å². The highest BCUT2D eigenvalue weighted by Crippen LogP contribution is 2.36. The number of benzene rings is 2. The number of rotatable bonds is 5. The molecule has 4 rings (SSSR count). The summed E-state index contributed by atoms with van der Waals surface area (Å²) in [7, 11) is 0. The molecule has 0 bridgehead atoms. The number of para-hydroxylation sites is 1. The van der Waals surface area contributed by atoms with Gasteiger partial charge in [0, 0.05) is 30.3 Å². The average Bonchev–Trinajstić information content (AvgIpc) is 2.73. The van der Waals surface area contributed by atoms with Crippen molar-refractivity contribution in [2.75, 3.05) is 18.5 Å². The normalized spacial score (nSPS) is 15.8. The van der Waals surface area contributed by atoms with Gasteiger partial charge in [0.2, 0.25) is 0 Å². The van der Waals surface area contributed by atoms with Crippen molar-refractivity contribution < 1.29 is 14.6 Å². The Kier molecular flexibility index (Phi) is 5.93. The van der Waals surface area contributed by atoms with Gasteiger partial charge in [-0.05, 0) is 73.6 Å². The summed E-state index contributed by atoms with van der Waals surface area (Å²) in [6.45, 7) is 5.55. The molecule has 2 aromatic carbocycles. The summed E-state index contributed by atoms with van der Waals surface area (Å²) >= 11 is 6.57. The molecule has 6 heteroatoms. The molecule has 0 unspecified atom stereocenters. The third-order valence-corrected chi connectivity index (χ3v) is 6.05. The number of aromatic carboxylic acids is 1. The van der Waals surface area contributed by atoms with Crippen molar-refractivity contribution in [3.63, 3.8) is 0 Å². The Labute approximate surface area is 181 Å². The van der Waals surface area contributed by atoms with E-state index in [4.69, 9.17) is 21.3 Å². The fraction of sp³-hybridized carbons (Fsp3) is 0.333. The topological polar surface area (TPSA) is 71.5 Å². The number of anilines is 1. The fourth-order valence-corrected chi connectivity index (χ4v) is 4.50. The molecule has 156 valence electrons. The maximum Gasteiger partial charge on any atom is 0.337 e. The molecule has 0 spiro atoms. The molecule has 0 aliphatic carbocycles. The monoisotopic (exact) mass is 424 g/mol. The molecule has 0 radical (unpaired) electrons. The molecule has 1 fully saturated rings. The predicted molar refractivity (Wildman–Crippen MR) is 120 cm³/mol. The van der Waals surface area contributed by atoms with Gasteiger partial charge in [-0.1, -0.05) is 29.8 Å². The van der Waals surface area contributed by atoms with Gasteiger partial charge < -0.3 is 15.2 Å². The van der Waals surface area contributed by atoms with Gasteiger partial charge in [0.15, 0.2) is 0 Å². The summed E-state index contributed by atoms with van der Waals surface area (Å²) in [5.41, 5.74) is 4.92. The number of carboxylic acid groups (broad SMARTS) is 1. The third-order valence-electron chi connectivity index (χ3n) is 5.75. The number of hydrogen-bond donors (Lipinski definition) is 2. The minimum Gasteiger partial charge on any atom is -0.478 e. The van der Waals surface area contributed by atoms with Crippen LogP contribution in [-0.4, -0.2) is 29.3 Å². The van der Waals surface area contributed by atoms with Gasteiger partial charge in [-0.15, -0.1) is 0 Å². The Balaban J connectivity index is 1.76. The highest BCUT2D eigenvalue weighted by Gasteiger charge is 2.22. The van der Waals surface area contributed by atoms with Crippen molar-refractivity contribution >= 4 is 34.2 Å². The summed E-state index contributed by atoms with van der Waals surface area (Å²) in [6.07, 6.45) is 1.88. The van der Waals surface area contributed by atoms with Gasteiger partial charge in [0.05, 0.1) is 11.1 Å². The van der Waals surface area contributed by atoms with Gasteiger partial charge >= 0.3 is 5.97 Å². The first-order valence-corrected chi connectivity index (χ1v) is 10.6. The highest BCUT2D eigenvalue weighted by molar-refractivity contribution is 6.30. The molecule has 1 atom stereocenters. The van der Waals surface area contributed by atoms with Crippen molar-refractivity contribution in [1.82, 2.24) is 4.98 Å². The Morgan fingerprint density at radius 2 is 1.97 bits per heavy atom. The number of aryl methyl sites for hydroxylation is 1. The van der Waals surface area contributed by atoms with E-state index < -0.39 is 5.97 Å². The maximum atomic E-state index is 11.6. The molecular formula is C24H25ClN2O3. The van der Waals surface area contributed by atoms with Gasteiger partial charge in [-0.2, -0.15) is 0 Å². The second-order valence-corrected chi connectivity index (χ2v) is 8.25. The zero-order valence-corrected chi connectivity index (χ0v) is 17.9. The van der Waals surface area contributed by atoms with Crippen LogP contribution in [0.3, 0.4) is 0 Å². The molecule has 1 aliphatic heterocycles. The lowest BCUT2D eigenvalue weighted by Gasteiger charge is -2.24. The molecule has 5 nitrogen and oxygen atoms in total. The zero-order chi connectivity index (χ0) is 21.3. The first-order valence-electron chi connectivity index (χ1n) is 10.2. The van der Waals surface area contributed by atoms with E-state index in [1.165, 1.54) is 0 Å². The Morgan fingerprint density at radius 3 is 2.70 bits per heavy atom. The molecule has 1 aromatic heterocycles. The van der Waals surface area contributed by atoms with Gasteiger partial charge in [-0.25, -0.2) is 9.78 Å². The van der Waals surface area contributed by atoms with Gasteiger partial charge in [0.1, 0.15) is 5.15 Å². The molecule has 0 amide bonds. The van der Waals surface area contributed by atoms with Gasteiger partial charge in [0.25, 0.3) is 0 Å². The van der Waals surface area contributed by atoms with Gasteiger partial charge in [-0.3, -0.25) is 0 Å². The van der Waals surface area contributed by atoms with Crippen LogP contribution in [0.4, 0.5) is 5.69 Å². The molecule has 30 heavy (non-hydrogen) atoms. The number of nitrogens with one attached hydrogen (secondary N) is 1. The lowest BCUT2D eigenvalue weighted by atomic mass is 9.90. The summed E-state index contributed by atoms with van der Waals surface area (Å²) in [5, 5.41) is 14.5. The number of nitrogens with zero attached hydrogens (tertiary/aromatic N) is 1. The van der Waals surface area contributed by atoms with Crippen LogP contribution >= 0.6 is 11.6 Å². The van der Waals surface area contributed by atoms with Crippen LogP contribution in [0, 0.1) is 6.92 Å². The molecule has 2 N–H and O–H groups in total.